The van der Waals surface area contributed by atoms with Gasteiger partial charge in [-0.3, -0.25) is 4.79 Å². The second-order valence-corrected chi connectivity index (χ2v) is 8.18. The molecule has 3 rings (SSSR count). The molecule has 2 aromatic carbocycles. The van der Waals surface area contributed by atoms with E-state index in [1.54, 1.807) is 36.4 Å². The van der Waals surface area contributed by atoms with Crippen molar-refractivity contribution < 1.29 is 27.4 Å². The van der Waals surface area contributed by atoms with Crippen molar-refractivity contribution >= 4 is 17.6 Å². The second-order valence-electron chi connectivity index (χ2n) is 7.77. The van der Waals surface area contributed by atoms with Crippen molar-refractivity contribution in [3.8, 4) is 17.6 Å². The van der Waals surface area contributed by atoms with Gasteiger partial charge in [0, 0.05) is 11.3 Å². The normalized spacial score (nSPS) is 22.4. The van der Waals surface area contributed by atoms with Crippen molar-refractivity contribution in [2.24, 2.45) is 16.7 Å². The van der Waals surface area contributed by atoms with Crippen molar-refractivity contribution in [3.63, 3.8) is 0 Å². The number of carbonyl (C=O) groups excluding carboxylic acids is 1. The lowest BCUT2D eigenvalue weighted by Crippen LogP contribution is -2.23. The highest BCUT2D eigenvalue weighted by atomic mass is 35.5. The first-order chi connectivity index (χ1) is 14.5. The molecule has 1 fully saturated rings. The highest BCUT2D eigenvalue weighted by Gasteiger charge is 2.77. The van der Waals surface area contributed by atoms with Gasteiger partial charge in [-0.1, -0.05) is 61.9 Å². The number of allylic oxidation sites excluding steroid dienone is 2. The van der Waals surface area contributed by atoms with Gasteiger partial charge in [-0.2, -0.15) is 18.4 Å². The fourth-order valence-electron chi connectivity index (χ4n) is 3.61. The fraction of sp³-hybridized carbons (Fsp3) is 0.304. The number of halogens is 4. The number of nitriles is 1. The van der Waals surface area contributed by atoms with Crippen LogP contribution in [0, 0.1) is 28.1 Å². The van der Waals surface area contributed by atoms with Crippen molar-refractivity contribution in [1.82, 2.24) is 0 Å². The van der Waals surface area contributed by atoms with Crippen LogP contribution in [0.5, 0.6) is 11.5 Å². The van der Waals surface area contributed by atoms with Crippen LogP contribution in [-0.2, 0) is 16.1 Å². The van der Waals surface area contributed by atoms with Gasteiger partial charge in [-0.15, -0.1) is 0 Å². The van der Waals surface area contributed by atoms with Crippen LogP contribution < -0.4 is 4.74 Å². The smallest absolute Gasteiger partial charge is 0.426 e. The predicted octanol–water partition coefficient (Wildman–Crippen LogP) is 6.37. The van der Waals surface area contributed by atoms with E-state index >= 15 is 0 Å². The average molecular weight is 450 g/mol. The molecule has 0 aliphatic heterocycles. The Bertz CT molecular complexity index is 1040. The van der Waals surface area contributed by atoms with E-state index in [0.29, 0.717) is 17.1 Å². The summed E-state index contributed by atoms with van der Waals surface area (Å²) in [6.07, 6.45) is -4.02. The van der Waals surface area contributed by atoms with Crippen molar-refractivity contribution in [1.29, 1.82) is 5.26 Å². The van der Waals surface area contributed by atoms with Crippen LogP contribution in [0.2, 0.25) is 0 Å². The minimum absolute atomic E-state index is 0.159. The van der Waals surface area contributed by atoms with Crippen molar-refractivity contribution in [3.05, 3.63) is 71.3 Å². The summed E-state index contributed by atoms with van der Waals surface area (Å²) < 4.78 is 49.4. The molecule has 4 nitrogen and oxygen atoms in total. The van der Waals surface area contributed by atoms with E-state index < -0.39 is 33.9 Å². The number of carbonyl (C=O) groups is 1. The van der Waals surface area contributed by atoms with Crippen molar-refractivity contribution in [2.75, 3.05) is 0 Å². The minimum atomic E-state index is -4.75. The number of benzene rings is 2. The molecule has 0 N–H and O–H groups in total. The zero-order valence-corrected chi connectivity index (χ0v) is 17.5. The summed E-state index contributed by atoms with van der Waals surface area (Å²) in [7, 11) is 0. The van der Waals surface area contributed by atoms with Crippen LogP contribution in [-0.4, -0.2) is 12.1 Å². The third kappa shape index (κ3) is 4.40. The first-order valence-corrected chi connectivity index (χ1v) is 9.75. The molecule has 162 valence electrons. The van der Waals surface area contributed by atoms with Crippen LogP contribution in [0.3, 0.4) is 0 Å². The molecular weight excluding hydrogens is 431 g/mol. The highest BCUT2D eigenvalue weighted by molar-refractivity contribution is 6.30. The SMILES string of the molecule is CC1(C)[C@@H](C=C(Cl)C(F)(F)F)[C@@]1(C#N)C(=O)OCc1cccc(Oc2ccccc2)c1. The van der Waals surface area contributed by atoms with Gasteiger partial charge in [0.15, 0.2) is 5.41 Å². The lowest BCUT2D eigenvalue weighted by atomic mass is 9.98. The van der Waals surface area contributed by atoms with E-state index in [2.05, 4.69) is 0 Å². The Morgan fingerprint density at radius 2 is 1.81 bits per heavy atom. The summed E-state index contributed by atoms with van der Waals surface area (Å²) in [5, 5.41) is 8.27. The van der Waals surface area contributed by atoms with E-state index in [9.17, 15) is 23.2 Å². The lowest BCUT2D eigenvalue weighted by molar-refractivity contribution is -0.150. The Balaban J connectivity index is 1.71. The summed E-state index contributed by atoms with van der Waals surface area (Å²) in [4.78, 5) is 12.7. The van der Waals surface area contributed by atoms with Gasteiger partial charge in [0.1, 0.15) is 23.1 Å². The Labute approximate surface area is 182 Å². The van der Waals surface area contributed by atoms with Crippen molar-refractivity contribution in [2.45, 2.75) is 26.6 Å². The average Bonchev–Trinajstić information content (AvgIpc) is 3.20. The van der Waals surface area contributed by atoms with Gasteiger partial charge >= 0.3 is 12.1 Å². The van der Waals surface area contributed by atoms with Gasteiger partial charge in [0.25, 0.3) is 0 Å². The predicted molar refractivity (Wildman–Crippen MR) is 108 cm³/mol. The maximum atomic E-state index is 12.8. The van der Waals surface area contributed by atoms with E-state index in [0.717, 1.165) is 6.08 Å². The molecule has 0 aromatic heterocycles. The van der Waals surface area contributed by atoms with Gasteiger partial charge in [-0.25, -0.2) is 0 Å². The summed E-state index contributed by atoms with van der Waals surface area (Å²) in [6, 6.07) is 17.8. The zero-order valence-electron chi connectivity index (χ0n) is 16.7. The molecule has 0 spiro atoms. The van der Waals surface area contributed by atoms with Gasteiger partial charge < -0.3 is 9.47 Å². The number of rotatable bonds is 6. The molecule has 2 atom stereocenters. The quantitative estimate of drug-likeness (QED) is 0.480. The Kier molecular flexibility index (Phi) is 6.06. The maximum Gasteiger partial charge on any atom is 0.426 e. The molecular formula is C23H19ClF3NO3. The summed E-state index contributed by atoms with van der Waals surface area (Å²) in [5.74, 6) is -0.739. The monoisotopic (exact) mass is 449 g/mol. The third-order valence-corrected chi connectivity index (χ3v) is 5.85. The highest BCUT2D eigenvalue weighted by Crippen LogP contribution is 2.70. The number of alkyl halides is 3. The number of para-hydroxylation sites is 1. The van der Waals surface area contributed by atoms with E-state index in [1.165, 1.54) is 13.8 Å². The van der Waals surface area contributed by atoms with Crippen LogP contribution in [0.15, 0.2) is 65.7 Å². The Hall–Kier alpha value is -2.98. The molecule has 0 amide bonds. The molecule has 1 aliphatic carbocycles. The summed E-state index contributed by atoms with van der Waals surface area (Å²) in [5.41, 5.74) is -2.19. The maximum absolute atomic E-state index is 12.8. The molecule has 0 saturated heterocycles. The number of nitrogens with zero attached hydrogens (tertiary/aromatic N) is 1. The summed E-state index contributed by atoms with van der Waals surface area (Å²) in [6.45, 7) is 2.91. The van der Waals surface area contributed by atoms with E-state index in [-0.39, 0.29) is 6.61 Å². The first-order valence-electron chi connectivity index (χ1n) is 9.37. The Morgan fingerprint density at radius 1 is 1.16 bits per heavy atom. The number of hydrogen-bond acceptors (Lipinski definition) is 4. The zero-order chi connectivity index (χ0) is 22.9. The number of ether oxygens (including phenoxy) is 2. The third-order valence-electron chi connectivity index (χ3n) is 5.51. The molecule has 2 aromatic rings. The van der Waals surface area contributed by atoms with Gasteiger partial charge in [-0.05, 0) is 29.8 Å². The van der Waals surface area contributed by atoms with Crippen LogP contribution in [0.4, 0.5) is 13.2 Å². The fourth-order valence-corrected chi connectivity index (χ4v) is 3.74. The number of esters is 1. The van der Waals surface area contributed by atoms with E-state index in [4.69, 9.17) is 21.1 Å². The van der Waals surface area contributed by atoms with Crippen LogP contribution >= 0.6 is 11.6 Å². The molecule has 8 heteroatoms. The molecule has 31 heavy (non-hydrogen) atoms. The molecule has 0 radical (unpaired) electrons. The van der Waals surface area contributed by atoms with Gasteiger partial charge in [0.05, 0.1) is 6.07 Å². The van der Waals surface area contributed by atoms with Gasteiger partial charge in [0.2, 0.25) is 0 Å². The standard InChI is InChI=1S/C23H19ClF3NO3/c1-21(2)18(12-19(24)23(25,26)27)22(21,14-28)20(29)30-13-15-7-6-10-17(11-15)31-16-8-4-3-5-9-16/h3-12,18H,13H2,1-2H3/t18-,22+/m1/s1. The molecule has 1 saturated carbocycles. The second kappa shape index (κ2) is 8.27. The van der Waals surface area contributed by atoms with E-state index in [1.807, 2.05) is 24.3 Å². The molecule has 0 bridgehead atoms. The topological polar surface area (TPSA) is 59.3 Å². The Morgan fingerprint density at radius 3 is 2.42 bits per heavy atom. The van der Waals surface area contributed by atoms with Crippen LogP contribution in [0.1, 0.15) is 19.4 Å². The minimum Gasteiger partial charge on any atom is -0.460 e. The largest absolute Gasteiger partial charge is 0.460 e. The van der Waals surface area contributed by atoms with Crippen LogP contribution in [0.25, 0.3) is 0 Å². The number of hydrogen-bond donors (Lipinski definition) is 0. The summed E-state index contributed by atoms with van der Waals surface area (Å²) >= 11 is 5.33. The lowest BCUT2D eigenvalue weighted by Gasteiger charge is -2.12. The molecule has 1 aliphatic rings. The molecule has 0 unspecified atom stereocenters. The molecule has 0 heterocycles. The first kappa shape index (κ1) is 22.7.